The molecule has 0 fully saturated rings. The monoisotopic (exact) mass is 269 g/mol. The molecule has 2 aromatic carbocycles. The molecule has 0 aliphatic heterocycles. The first-order valence-corrected chi connectivity index (χ1v) is 7.74. The molecule has 0 atom stereocenters. The quantitative estimate of drug-likeness (QED) is 0.727. The van der Waals surface area contributed by atoms with Crippen LogP contribution < -0.4 is 10.6 Å². The van der Waals surface area contributed by atoms with Crippen molar-refractivity contribution in [3.63, 3.8) is 0 Å². The summed E-state index contributed by atoms with van der Waals surface area (Å²) in [5.74, 6) is -4.23. The summed E-state index contributed by atoms with van der Waals surface area (Å²) in [7, 11) is -3.36. The Morgan fingerprint density at radius 1 is 0.722 bits per heavy atom. The van der Waals surface area contributed by atoms with E-state index in [-0.39, 0.29) is 0 Å². The van der Waals surface area contributed by atoms with Gasteiger partial charge in [-0.1, -0.05) is 36.4 Å². The molecule has 0 aromatic heterocycles. The third-order valence-electron chi connectivity index (χ3n) is 3.05. The molecule has 2 aromatic rings. The Balaban J connectivity index is 2.63. The molecule has 0 heterocycles. The van der Waals surface area contributed by atoms with Gasteiger partial charge in [-0.05, 0) is 24.3 Å². The summed E-state index contributed by atoms with van der Waals surface area (Å²) in [4.78, 5) is 0. The van der Waals surface area contributed by atoms with E-state index in [4.69, 9.17) is 0 Å². The van der Waals surface area contributed by atoms with Crippen LogP contribution >= 0.6 is 7.26 Å². The highest BCUT2D eigenvalue weighted by Crippen LogP contribution is 2.66. The van der Waals surface area contributed by atoms with Gasteiger partial charge in [0.2, 0.25) is 0 Å². The van der Waals surface area contributed by atoms with Crippen LogP contribution in [0.5, 0.6) is 0 Å². The summed E-state index contributed by atoms with van der Waals surface area (Å²) in [6, 6.07) is 16.3. The highest BCUT2D eigenvalue weighted by Gasteiger charge is 2.62. The van der Waals surface area contributed by atoms with E-state index in [2.05, 4.69) is 0 Å². The predicted octanol–water partition coefficient (Wildman–Crippen LogP) is 3.80. The zero-order chi connectivity index (χ0) is 13.2. The van der Waals surface area contributed by atoms with E-state index in [1.54, 1.807) is 60.7 Å². The lowest BCUT2D eigenvalue weighted by Gasteiger charge is -2.24. The van der Waals surface area contributed by atoms with Crippen LogP contribution in [-0.4, -0.2) is 12.6 Å². The molecule has 2 rings (SSSR count). The SMILES string of the molecule is C[P+](c1ccccc1)(c1ccccc1)C(F)(F)F. The molecule has 18 heavy (non-hydrogen) atoms. The first-order chi connectivity index (χ1) is 8.46. The molecule has 0 unspecified atom stereocenters. The van der Waals surface area contributed by atoms with Crippen LogP contribution in [-0.2, 0) is 0 Å². The smallest absolute Gasteiger partial charge is 0.134 e. The zero-order valence-corrected chi connectivity index (χ0v) is 10.7. The van der Waals surface area contributed by atoms with Gasteiger partial charge < -0.3 is 0 Å². The van der Waals surface area contributed by atoms with Crippen LogP contribution in [0.2, 0.25) is 0 Å². The Labute approximate surface area is 105 Å². The van der Waals surface area contributed by atoms with Crippen molar-refractivity contribution < 1.29 is 13.2 Å². The summed E-state index contributed by atoms with van der Waals surface area (Å²) in [6.45, 7) is 1.33. The van der Waals surface area contributed by atoms with Gasteiger partial charge in [0.1, 0.15) is 10.6 Å². The molecule has 0 nitrogen and oxygen atoms in total. The molecule has 0 saturated carbocycles. The van der Waals surface area contributed by atoms with Crippen molar-refractivity contribution in [2.45, 2.75) is 5.92 Å². The molecule has 94 valence electrons. The highest BCUT2D eigenvalue weighted by molar-refractivity contribution is 7.89. The first-order valence-electron chi connectivity index (χ1n) is 5.51. The van der Waals surface area contributed by atoms with E-state index in [0.29, 0.717) is 10.6 Å². The molecule has 0 aliphatic carbocycles. The summed E-state index contributed by atoms with van der Waals surface area (Å²) < 4.78 is 40.6. The van der Waals surface area contributed by atoms with Gasteiger partial charge in [-0.2, -0.15) is 0 Å². The van der Waals surface area contributed by atoms with Crippen LogP contribution in [0.15, 0.2) is 60.7 Å². The van der Waals surface area contributed by atoms with Crippen LogP contribution in [0.1, 0.15) is 0 Å². The second kappa shape index (κ2) is 4.74. The number of benzene rings is 2. The second-order valence-electron chi connectivity index (χ2n) is 4.15. The van der Waals surface area contributed by atoms with Gasteiger partial charge in [0.05, 0.1) is 6.66 Å². The van der Waals surface area contributed by atoms with Crippen molar-refractivity contribution >= 4 is 17.9 Å². The molecular formula is C14H13F3P+. The van der Waals surface area contributed by atoms with Crippen LogP contribution in [0.3, 0.4) is 0 Å². The molecule has 0 amide bonds. The van der Waals surface area contributed by atoms with E-state index in [1.807, 2.05) is 0 Å². The fraction of sp³-hybridized carbons (Fsp3) is 0.143. The van der Waals surface area contributed by atoms with E-state index < -0.39 is 13.2 Å². The Bertz CT molecular complexity index is 466. The minimum absolute atomic E-state index is 0.365. The lowest BCUT2D eigenvalue weighted by Crippen LogP contribution is -2.32. The van der Waals surface area contributed by atoms with Crippen molar-refractivity contribution in [3.8, 4) is 0 Å². The lowest BCUT2D eigenvalue weighted by atomic mass is 10.4. The number of rotatable bonds is 2. The number of halogens is 3. The largest absolute Gasteiger partial charge is 0.518 e. The van der Waals surface area contributed by atoms with E-state index in [9.17, 15) is 13.2 Å². The molecule has 0 saturated heterocycles. The van der Waals surface area contributed by atoms with Crippen molar-refractivity contribution in [2.75, 3.05) is 6.66 Å². The number of alkyl halides is 3. The van der Waals surface area contributed by atoms with Crippen LogP contribution in [0, 0.1) is 0 Å². The second-order valence-corrected chi connectivity index (χ2v) is 7.70. The van der Waals surface area contributed by atoms with Crippen molar-refractivity contribution in [1.82, 2.24) is 0 Å². The zero-order valence-electron chi connectivity index (χ0n) is 9.85. The summed E-state index contributed by atoms with van der Waals surface area (Å²) >= 11 is 0. The van der Waals surface area contributed by atoms with Crippen molar-refractivity contribution in [3.05, 3.63) is 60.7 Å². The van der Waals surface area contributed by atoms with Gasteiger partial charge in [0.15, 0.2) is 7.26 Å². The van der Waals surface area contributed by atoms with E-state index in [1.165, 1.54) is 6.66 Å². The average molecular weight is 269 g/mol. The normalized spacial score (nSPS) is 12.4. The third kappa shape index (κ3) is 2.15. The summed E-state index contributed by atoms with van der Waals surface area (Å²) in [5.41, 5.74) is 0. The Hall–Kier alpha value is -1.34. The van der Waals surface area contributed by atoms with E-state index in [0.717, 1.165) is 0 Å². The Morgan fingerprint density at radius 3 is 1.33 bits per heavy atom. The molecular weight excluding hydrogens is 256 g/mol. The Morgan fingerprint density at radius 2 is 1.06 bits per heavy atom. The van der Waals surface area contributed by atoms with Crippen molar-refractivity contribution in [1.29, 1.82) is 0 Å². The maximum absolute atomic E-state index is 13.5. The molecule has 0 bridgehead atoms. The fourth-order valence-electron chi connectivity index (χ4n) is 1.89. The summed E-state index contributed by atoms with van der Waals surface area (Å²) in [6.07, 6.45) is 0. The van der Waals surface area contributed by atoms with Gasteiger partial charge in [0.25, 0.3) is 0 Å². The maximum atomic E-state index is 13.5. The maximum Gasteiger partial charge on any atom is 0.518 e. The Kier molecular flexibility index (Phi) is 3.45. The van der Waals surface area contributed by atoms with Crippen LogP contribution in [0.4, 0.5) is 13.2 Å². The molecule has 0 spiro atoms. The molecule has 4 heteroatoms. The predicted molar refractivity (Wildman–Crippen MR) is 71.1 cm³/mol. The standard InChI is InChI=1S/C14H13F3P/c1-18(14(15,16)17,12-8-4-2-5-9-12)13-10-6-3-7-11-13/h2-11H,1H3/q+1. The average Bonchev–Trinajstić information content (AvgIpc) is 2.38. The van der Waals surface area contributed by atoms with Crippen LogP contribution in [0.25, 0.3) is 0 Å². The minimum Gasteiger partial charge on any atom is -0.134 e. The molecule has 0 N–H and O–H groups in total. The molecule has 0 aliphatic rings. The van der Waals surface area contributed by atoms with Gasteiger partial charge >= 0.3 is 5.92 Å². The first kappa shape index (κ1) is 13.1. The molecule has 0 radical (unpaired) electrons. The van der Waals surface area contributed by atoms with Gasteiger partial charge in [-0.3, -0.25) is 0 Å². The summed E-state index contributed by atoms with van der Waals surface area (Å²) in [5, 5.41) is 0.729. The third-order valence-corrected chi connectivity index (χ3v) is 6.73. The number of hydrogen-bond donors (Lipinski definition) is 0. The highest BCUT2D eigenvalue weighted by atomic mass is 31.2. The van der Waals surface area contributed by atoms with Gasteiger partial charge in [0, 0.05) is 0 Å². The number of hydrogen-bond acceptors (Lipinski definition) is 0. The topological polar surface area (TPSA) is 0 Å². The fourth-order valence-corrected chi connectivity index (χ4v) is 4.31. The van der Waals surface area contributed by atoms with E-state index >= 15 is 0 Å². The van der Waals surface area contributed by atoms with Gasteiger partial charge in [-0.15, -0.1) is 13.2 Å². The lowest BCUT2D eigenvalue weighted by molar-refractivity contribution is -0.0407. The van der Waals surface area contributed by atoms with Gasteiger partial charge in [-0.25, -0.2) is 0 Å². The minimum atomic E-state index is -4.23. The van der Waals surface area contributed by atoms with Crippen molar-refractivity contribution in [2.24, 2.45) is 0 Å².